The van der Waals surface area contributed by atoms with Crippen molar-refractivity contribution in [2.24, 2.45) is 11.3 Å². The van der Waals surface area contributed by atoms with Gasteiger partial charge in [0.1, 0.15) is 0 Å². The Bertz CT molecular complexity index is 964. The number of benzene rings is 1. The quantitative estimate of drug-likeness (QED) is 0.670. The maximum atomic E-state index is 4.87. The first-order chi connectivity index (χ1) is 11.0. The zero-order valence-corrected chi connectivity index (χ0v) is 14.1. The number of fused-ring (bicyclic) bond motifs is 4. The Morgan fingerprint density at radius 2 is 1.96 bits per heavy atom. The summed E-state index contributed by atoms with van der Waals surface area (Å²) in [5.41, 5.74) is 6.83. The van der Waals surface area contributed by atoms with Crippen LogP contribution in [-0.2, 0) is 6.42 Å². The fourth-order valence-electron chi connectivity index (χ4n) is 4.72. The van der Waals surface area contributed by atoms with Crippen LogP contribution in [-0.4, -0.2) is 14.8 Å². The molecule has 0 bridgehead atoms. The Morgan fingerprint density at radius 3 is 2.78 bits per heavy atom. The summed E-state index contributed by atoms with van der Waals surface area (Å²) in [6.07, 6.45) is 1.14. The maximum absolute atomic E-state index is 4.87. The van der Waals surface area contributed by atoms with Crippen LogP contribution in [0.1, 0.15) is 42.3 Å². The number of nitrogens with zero attached hydrogens (tertiary/aromatic N) is 3. The molecule has 2 heterocycles. The van der Waals surface area contributed by atoms with Crippen LogP contribution in [0.4, 0.5) is 0 Å². The van der Waals surface area contributed by atoms with Crippen LogP contribution in [0.25, 0.3) is 16.7 Å². The first-order valence-electron chi connectivity index (χ1n) is 8.43. The van der Waals surface area contributed by atoms with Crippen molar-refractivity contribution in [1.82, 2.24) is 14.8 Å². The lowest BCUT2D eigenvalue weighted by atomic mass is 9.98. The molecule has 116 valence electrons. The van der Waals surface area contributed by atoms with Gasteiger partial charge in [0.15, 0.2) is 5.82 Å². The summed E-state index contributed by atoms with van der Waals surface area (Å²) in [5, 5.41) is 6.07. The van der Waals surface area contributed by atoms with Crippen LogP contribution in [0, 0.1) is 25.2 Å². The molecule has 0 radical (unpaired) electrons. The smallest absolute Gasteiger partial charge is 0.154 e. The molecule has 0 N–H and O–H groups in total. The highest BCUT2D eigenvalue weighted by molar-refractivity contribution is 5.82. The molecule has 0 amide bonds. The van der Waals surface area contributed by atoms with Crippen molar-refractivity contribution in [2.45, 2.75) is 40.0 Å². The van der Waals surface area contributed by atoms with Crippen molar-refractivity contribution in [3.8, 4) is 5.82 Å². The van der Waals surface area contributed by atoms with Gasteiger partial charge in [-0.2, -0.15) is 5.10 Å². The minimum atomic E-state index is 0.457. The number of rotatable bonds is 1. The highest BCUT2D eigenvalue weighted by atomic mass is 15.3. The topological polar surface area (TPSA) is 30.7 Å². The van der Waals surface area contributed by atoms with E-state index in [-0.39, 0.29) is 0 Å². The van der Waals surface area contributed by atoms with E-state index in [1.54, 1.807) is 0 Å². The van der Waals surface area contributed by atoms with Gasteiger partial charge in [0.05, 0.1) is 16.9 Å². The van der Waals surface area contributed by atoms with Gasteiger partial charge in [-0.3, -0.25) is 0 Å². The van der Waals surface area contributed by atoms with Gasteiger partial charge in [0.2, 0.25) is 0 Å². The standard InChI is InChI=1S/C20H21N3/c1-11-9-17(21-15-8-6-5-7-13(11)15)23-16-10-14-19(20(14,3)4)18(16)12(2)22-23/h5-9,14,19H,10H2,1-4H3/t14-,19+/m0/s1. The third-order valence-electron chi connectivity index (χ3n) is 6.11. The van der Waals surface area contributed by atoms with E-state index in [9.17, 15) is 0 Å². The predicted octanol–water partition coefficient (Wildman–Crippen LogP) is 4.33. The Hall–Kier alpha value is -2.16. The highest BCUT2D eigenvalue weighted by Gasteiger charge is 2.63. The van der Waals surface area contributed by atoms with E-state index in [0.29, 0.717) is 11.3 Å². The number of hydrogen-bond donors (Lipinski definition) is 0. The van der Waals surface area contributed by atoms with Crippen LogP contribution in [0.15, 0.2) is 30.3 Å². The molecular weight excluding hydrogens is 282 g/mol. The van der Waals surface area contributed by atoms with Gasteiger partial charge in [-0.1, -0.05) is 32.0 Å². The second-order valence-electron chi connectivity index (χ2n) is 7.78. The summed E-state index contributed by atoms with van der Waals surface area (Å²) >= 11 is 0. The minimum Gasteiger partial charge on any atom is -0.229 e. The third kappa shape index (κ3) is 1.60. The summed E-state index contributed by atoms with van der Waals surface area (Å²) < 4.78 is 2.10. The second kappa shape index (κ2) is 4.02. The Morgan fingerprint density at radius 1 is 1.17 bits per heavy atom. The predicted molar refractivity (Wildman–Crippen MR) is 92.1 cm³/mol. The molecule has 0 aliphatic heterocycles. The van der Waals surface area contributed by atoms with Crippen molar-refractivity contribution >= 4 is 10.9 Å². The maximum Gasteiger partial charge on any atom is 0.154 e. The fraction of sp³-hybridized carbons (Fsp3) is 0.400. The van der Waals surface area contributed by atoms with E-state index in [4.69, 9.17) is 10.1 Å². The molecule has 1 aromatic carbocycles. The Labute approximate surface area is 136 Å². The summed E-state index contributed by atoms with van der Waals surface area (Å²) in [7, 11) is 0. The largest absolute Gasteiger partial charge is 0.229 e. The molecule has 23 heavy (non-hydrogen) atoms. The first kappa shape index (κ1) is 13.3. The molecule has 5 rings (SSSR count). The molecule has 1 fully saturated rings. The zero-order chi connectivity index (χ0) is 15.9. The summed E-state index contributed by atoms with van der Waals surface area (Å²) in [4.78, 5) is 4.87. The van der Waals surface area contributed by atoms with Crippen molar-refractivity contribution in [3.05, 3.63) is 52.8 Å². The van der Waals surface area contributed by atoms with E-state index < -0.39 is 0 Å². The average molecular weight is 303 g/mol. The van der Waals surface area contributed by atoms with Crippen LogP contribution >= 0.6 is 0 Å². The van der Waals surface area contributed by atoms with Crippen molar-refractivity contribution in [3.63, 3.8) is 0 Å². The zero-order valence-electron chi connectivity index (χ0n) is 14.1. The van der Waals surface area contributed by atoms with E-state index in [1.165, 1.54) is 27.9 Å². The summed E-state index contributed by atoms with van der Waals surface area (Å²) in [6, 6.07) is 10.5. The van der Waals surface area contributed by atoms with Crippen molar-refractivity contribution in [1.29, 1.82) is 0 Å². The lowest BCUT2D eigenvalue weighted by Crippen LogP contribution is -2.08. The molecule has 0 unspecified atom stereocenters. The number of aryl methyl sites for hydroxylation is 2. The Balaban J connectivity index is 1.70. The highest BCUT2D eigenvalue weighted by Crippen LogP contribution is 2.70. The molecule has 2 atom stereocenters. The molecule has 2 aliphatic carbocycles. The van der Waals surface area contributed by atoms with Crippen LogP contribution in [0.5, 0.6) is 0 Å². The van der Waals surface area contributed by atoms with Crippen LogP contribution < -0.4 is 0 Å². The van der Waals surface area contributed by atoms with E-state index >= 15 is 0 Å². The van der Waals surface area contributed by atoms with Crippen molar-refractivity contribution < 1.29 is 0 Å². The van der Waals surface area contributed by atoms with Gasteiger partial charge < -0.3 is 0 Å². The molecule has 0 saturated heterocycles. The molecule has 1 saturated carbocycles. The van der Waals surface area contributed by atoms with Gasteiger partial charge in [0.25, 0.3) is 0 Å². The number of aromatic nitrogens is 3. The first-order valence-corrected chi connectivity index (χ1v) is 8.43. The lowest BCUT2D eigenvalue weighted by molar-refractivity contribution is 0.532. The van der Waals surface area contributed by atoms with Gasteiger partial charge in [0, 0.05) is 10.9 Å². The van der Waals surface area contributed by atoms with Gasteiger partial charge >= 0.3 is 0 Å². The normalized spacial score (nSPS) is 23.8. The van der Waals surface area contributed by atoms with Gasteiger partial charge in [-0.05, 0) is 55.2 Å². The summed E-state index contributed by atoms with van der Waals surface area (Å²) in [5.74, 6) is 2.46. The van der Waals surface area contributed by atoms with Crippen LogP contribution in [0.3, 0.4) is 0 Å². The molecular formula is C20H21N3. The number of pyridine rings is 1. The minimum absolute atomic E-state index is 0.457. The molecule has 0 spiro atoms. The molecule has 2 aromatic heterocycles. The average Bonchev–Trinajstić information content (AvgIpc) is 2.87. The molecule has 3 aromatic rings. The van der Waals surface area contributed by atoms with Crippen molar-refractivity contribution in [2.75, 3.05) is 0 Å². The van der Waals surface area contributed by atoms with E-state index in [2.05, 4.69) is 62.7 Å². The van der Waals surface area contributed by atoms with Gasteiger partial charge in [-0.15, -0.1) is 0 Å². The van der Waals surface area contributed by atoms with E-state index in [1.807, 2.05) is 0 Å². The molecule has 2 aliphatic rings. The van der Waals surface area contributed by atoms with Crippen LogP contribution in [0.2, 0.25) is 0 Å². The monoisotopic (exact) mass is 303 g/mol. The lowest BCUT2D eigenvalue weighted by Gasteiger charge is -2.12. The Kier molecular flexibility index (Phi) is 2.33. The third-order valence-corrected chi connectivity index (χ3v) is 6.11. The number of hydrogen-bond acceptors (Lipinski definition) is 2. The SMILES string of the molecule is Cc1nn(-c2cc(C)c3ccccc3n2)c2c1[C@H]1[C@H](C2)C1(C)C. The second-order valence-corrected chi connectivity index (χ2v) is 7.78. The molecule has 3 heteroatoms. The number of para-hydroxylation sites is 1. The van der Waals surface area contributed by atoms with E-state index in [0.717, 1.165) is 23.7 Å². The molecule has 3 nitrogen and oxygen atoms in total. The summed E-state index contributed by atoms with van der Waals surface area (Å²) in [6.45, 7) is 9.09. The van der Waals surface area contributed by atoms with Gasteiger partial charge in [-0.25, -0.2) is 9.67 Å². The fourth-order valence-corrected chi connectivity index (χ4v) is 4.72.